The molecular weight excluding hydrogens is 338 g/mol. The van der Waals surface area contributed by atoms with Gasteiger partial charge in [-0.15, -0.1) is 0 Å². The molecule has 26 heavy (non-hydrogen) atoms. The molecule has 1 amide bonds. The number of aryl methyl sites for hydroxylation is 1. The minimum absolute atomic E-state index is 0.131. The number of amides is 1. The normalized spacial score (nSPS) is 11.2. The van der Waals surface area contributed by atoms with Crippen LogP contribution < -0.4 is 5.32 Å². The van der Waals surface area contributed by atoms with Gasteiger partial charge in [0.05, 0.1) is 17.9 Å². The standard InChI is InChI=1S/C19H27NO6/c1-12(2)11-25-17(23)14-8-6-7-13(9-10-15(21)22)16(14)20-18(24)26-19(3,4)5/h6-8,12H,9-11H2,1-5H3,(H,20,24)(H,21,22). The maximum absolute atomic E-state index is 12.4. The quantitative estimate of drug-likeness (QED) is 0.711. The molecule has 0 spiro atoms. The Morgan fingerprint density at radius 2 is 1.85 bits per heavy atom. The van der Waals surface area contributed by atoms with Gasteiger partial charge < -0.3 is 14.6 Å². The molecule has 0 aliphatic heterocycles. The Hall–Kier alpha value is -2.57. The highest BCUT2D eigenvalue weighted by atomic mass is 16.6. The zero-order chi connectivity index (χ0) is 19.9. The van der Waals surface area contributed by atoms with Crippen molar-refractivity contribution in [3.63, 3.8) is 0 Å². The second-order valence-corrected chi connectivity index (χ2v) is 7.35. The topological polar surface area (TPSA) is 102 Å². The Labute approximate surface area is 153 Å². The molecule has 0 saturated heterocycles. The molecule has 0 fully saturated rings. The van der Waals surface area contributed by atoms with Crippen molar-refractivity contribution in [1.29, 1.82) is 0 Å². The van der Waals surface area contributed by atoms with E-state index in [1.165, 1.54) is 6.07 Å². The first-order chi connectivity index (χ1) is 12.0. The number of carboxylic acids is 1. The summed E-state index contributed by atoms with van der Waals surface area (Å²) in [6.45, 7) is 9.24. The lowest BCUT2D eigenvalue weighted by atomic mass is 10.0. The lowest BCUT2D eigenvalue weighted by Crippen LogP contribution is -2.28. The number of esters is 1. The molecule has 7 nitrogen and oxygen atoms in total. The number of carbonyl (C=O) groups is 3. The number of rotatable bonds is 7. The van der Waals surface area contributed by atoms with Gasteiger partial charge in [-0.3, -0.25) is 10.1 Å². The first-order valence-electron chi connectivity index (χ1n) is 8.50. The zero-order valence-corrected chi connectivity index (χ0v) is 15.9. The summed E-state index contributed by atoms with van der Waals surface area (Å²) in [6.07, 6.45) is -0.697. The van der Waals surface area contributed by atoms with Crippen molar-refractivity contribution in [3.8, 4) is 0 Å². The van der Waals surface area contributed by atoms with Gasteiger partial charge in [-0.05, 0) is 44.7 Å². The van der Waals surface area contributed by atoms with Gasteiger partial charge in [0.1, 0.15) is 5.60 Å². The summed E-state index contributed by atoms with van der Waals surface area (Å²) < 4.78 is 10.5. The Balaban J connectivity index is 3.14. The second kappa shape index (κ2) is 9.22. The van der Waals surface area contributed by atoms with Crippen molar-refractivity contribution in [1.82, 2.24) is 0 Å². The first-order valence-corrected chi connectivity index (χ1v) is 8.50. The van der Waals surface area contributed by atoms with Crippen LogP contribution in [0.1, 0.15) is 57.0 Å². The maximum atomic E-state index is 12.4. The number of hydrogen-bond donors (Lipinski definition) is 2. The molecule has 0 aromatic heterocycles. The van der Waals surface area contributed by atoms with E-state index in [2.05, 4.69) is 5.32 Å². The molecule has 0 saturated carbocycles. The van der Waals surface area contributed by atoms with Crippen molar-refractivity contribution in [2.45, 2.75) is 53.1 Å². The summed E-state index contributed by atoms with van der Waals surface area (Å²) in [4.78, 5) is 35.4. The number of carboxylic acid groups (broad SMARTS) is 1. The van der Waals surface area contributed by atoms with E-state index in [1.807, 2.05) is 13.8 Å². The van der Waals surface area contributed by atoms with E-state index in [-0.39, 0.29) is 36.6 Å². The van der Waals surface area contributed by atoms with Crippen molar-refractivity contribution in [2.24, 2.45) is 5.92 Å². The second-order valence-electron chi connectivity index (χ2n) is 7.35. The summed E-state index contributed by atoms with van der Waals surface area (Å²) in [5.41, 5.74) is 0.201. The van der Waals surface area contributed by atoms with Crippen molar-refractivity contribution in [2.75, 3.05) is 11.9 Å². The number of hydrogen-bond acceptors (Lipinski definition) is 5. The summed E-state index contributed by atoms with van der Waals surface area (Å²) in [5.74, 6) is -1.39. The van der Waals surface area contributed by atoms with E-state index in [9.17, 15) is 14.4 Å². The molecule has 1 aromatic carbocycles. The summed E-state index contributed by atoms with van der Waals surface area (Å²) in [7, 11) is 0. The van der Waals surface area contributed by atoms with Gasteiger partial charge >= 0.3 is 18.0 Å². The molecule has 0 bridgehead atoms. The largest absolute Gasteiger partial charge is 0.481 e. The zero-order valence-electron chi connectivity index (χ0n) is 15.9. The number of benzene rings is 1. The highest BCUT2D eigenvalue weighted by Gasteiger charge is 2.22. The average Bonchev–Trinajstić information content (AvgIpc) is 2.49. The molecule has 1 rings (SSSR count). The fraction of sp³-hybridized carbons (Fsp3) is 0.526. The van der Waals surface area contributed by atoms with Gasteiger partial charge in [-0.1, -0.05) is 26.0 Å². The molecule has 0 aliphatic rings. The van der Waals surface area contributed by atoms with E-state index in [0.29, 0.717) is 5.56 Å². The Bertz CT molecular complexity index is 660. The van der Waals surface area contributed by atoms with E-state index >= 15 is 0 Å². The van der Waals surface area contributed by atoms with Crippen molar-refractivity contribution >= 4 is 23.7 Å². The highest BCUT2D eigenvalue weighted by Crippen LogP contribution is 2.25. The number of ether oxygens (including phenoxy) is 2. The Kier molecular flexibility index (Phi) is 7.61. The van der Waals surface area contributed by atoms with Crippen molar-refractivity contribution in [3.05, 3.63) is 29.3 Å². The summed E-state index contributed by atoms with van der Waals surface area (Å²) in [5, 5.41) is 11.5. The minimum Gasteiger partial charge on any atom is -0.481 e. The molecule has 1 aromatic rings. The van der Waals surface area contributed by atoms with Crippen LogP contribution in [0, 0.1) is 5.92 Å². The summed E-state index contributed by atoms with van der Waals surface area (Å²) in [6, 6.07) is 4.82. The highest BCUT2D eigenvalue weighted by molar-refractivity contribution is 6.00. The number of aliphatic carboxylic acids is 1. The number of carbonyl (C=O) groups excluding carboxylic acids is 2. The van der Waals surface area contributed by atoms with Gasteiger partial charge in [0.15, 0.2) is 0 Å². The molecule has 0 heterocycles. The van der Waals surface area contributed by atoms with Crippen LogP contribution in [-0.2, 0) is 20.7 Å². The summed E-state index contributed by atoms with van der Waals surface area (Å²) >= 11 is 0. The van der Waals surface area contributed by atoms with Crippen LogP contribution in [0.2, 0.25) is 0 Å². The third kappa shape index (κ3) is 7.55. The number of para-hydroxylation sites is 1. The SMILES string of the molecule is CC(C)COC(=O)c1cccc(CCC(=O)O)c1NC(=O)OC(C)(C)C. The fourth-order valence-electron chi connectivity index (χ4n) is 2.09. The van der Waals surface area contributed by atoms with Gasteiger partial charge in [-0.25, -0.2) is 9.59 Å². The molecular formula is C19H27NO6. The van der Waals surface area contributed by atoms with Crippen LogP contribution in [0.5, 0.6) is 0 Å². The van der Waals surface area contributed by atoms with Crippen LogP contribution in [-0.4, -0.2) is 35.3 Å². The van der Waals surface area contributed by atoms with Gasteiger partial charge in [0.2, 0.25) is 0 Å². The van der Waals surface area contributed by atoms with Crippen LogP contribution in [0.4, 0.5) is 10.5 Å². The lowest BCUT2D eigenvalue weighted by molar-refractivity contribution is -0.136. The third-order valence-electron chi connectivity index (χ3n) is 3.15. The van der Waals surface area contributed by atoms with Gasteiger partial charge in [-0.2, -0.15) is 0 Å². The Morgan fingerprint density at radius 1 is 1.19 bits per heavy atom. The van der Waals surface area contributed by atoms with Gasteiger partial charge in [0.25, 0.3) is 0 Å². The smallest absolute Gasteiger partial charge is 0.412 e. The molecule has 0 atom stereocenters. The lowest BCUT2D eigenvalue weighted by Gasteiger charge is -2.21. The fourth-order valence-corrected chi connectivity index (χ4v) is 2.09. The number of nitrogens with one attached hydrogen (secondary N) is 1. The van der Waals surface area contributed by atoms with Crippen molar-refractivity contribution < 1.29 is 29.0 Å². The monoisotopic (exact) mass is 365 g/mol. The maximum Gasteiger partial charge on any atom is 0.412 e. The van der Waals surface area contributed by atoms with E-state index in [0.717, 1.165) is 0 Å². The number of anilines is 1. The molecule has 7 heteroatoms. The predicted octanol–water partition coefficient (Wildman–Crippen LogP) is 3.86. The third-order valence-corrected chi connectivity index (χ3v) is 3.15. The minimum atomic E-state index is -0.971. The van der Waals surface area contributed by atoms with Crippen LogP contribution >= 0.6 is 0 Å². The Morgan fingerprint density at radius 3 is 2.38 bits per heavy atom. The van der Waals surface area contributed by atoms with Crippen LogP contribution in [0.15, 0.2) is 18.2 Å². The average molecular weight is 365 g/mol. The van der Waals surface area contributed by atoms with E-state index < -0.39 is 23.6 Å². The molecule has 144 valence electrons. The predicted molar refractivity (Wildman–Crippen MR) is 97.4 cm³/mol. The van der Waals surface area contributed by atoms with Crippen LogP contribution in [0.25, 0.3) is 0 Å². The first kappa shape index (κ1) is 21.5. The van der Waals surface area contributed by atoms with E-state index in [4.69, 9.17) is 14.6 Å². The molecule has 0 unspecified atom stereocenters. The van der Waals surface area contributed by atoms with Gasteiger partial charge in [0, 0.05) is 6.42 Å². The van der Waals surface area contributed by atoms with E-state index in [1.54, 1.807) is 32.9 Å². The molecule has 2 N–H and O–H groups in total. The van der Waals surface area contributed by atoms with Crippen LogP contribution in [0.3, 0.4) is 0 Å². The molecule has 0 radical (unpaired) electrons. The molecule has 0 aliphatic carbocycles.